The zero-order valence-corrected chi connectivity index (χ0v) is 14.4. The second-order valence-corrected chi connectivity index (χ2v) is 6.46. The zero-order valence-electron chi connectivity index (χ0n) is 14.4. The topological polar surface area (TPSA) is 48.7 Å². The van der Waals surface area contributed by atoms with Crippen LogP contribution in [0.1, 0.15) is 34.8 Å². The van der Waals surface area contributed by atoms with Crippen LogP contribution in [0.2, 0.25) is 0 Å². The third kappa shape index (κ3) is 2.88. The van der Waals surface area contributed by atoms with Gasteiger partial charge in [0, 0.05) is 17.0 Å². The average Bonchev–Trinajstić information content (AvgIpc) is 3.20. The molecule has 1 aliphatic carbocycles. The van der Waals surface area contributed by atoms with Crippen molar-refractivity contribution in [1.29, 1.82) is 0 Å². The Bertz CT molecular complexity index is 938. The highest BCUT2D eigenvalue weighted by Crippen LogP contribution is 2.37. The van der Waals surface area contributed by atoms with Gasteiger partial charge in [0.05, 0.1) is 19.8 Å². The smallest absolute Gasteiger partial charge is 0.310 e. The molecule has 0 saturated carbocycles. The van der Waals surface area contributed by atoms with E-state index in [1.165, 1.54) is 23.8 Å². The Kier molecular flexibility index (Phi) is 3.96. The predicted molar refractivity (Wildman–Crippen MR) is 94.8 cm³/mol. The third-order valence-corrected chi connectivity index (χ3v) is 4.92. The number of rotatable bonds is 4. The summed E-state index contributed by atoms with van der Waals surface area (Å²) in [5.41, 5.74) is 5.57. The lowest BCUT2D eigenvalue weighted by atomic mass is 10.0. The van der Waals surface area contributed by atoms with Crippen LogP contribution < -0.4 is 4.74 Å². The summed E-state index contributed by atoms with van der Waals surface area (Å²) in [6.07, 6.45) is 3.94. The van der Waals surface area contributed by atoms with Crippen molar-refractivity contribution in [3.8, 4) is 5.75 Å². The Morgan fingerprint density at radius 1 is 1.28 bits per heavy atom. The number of hydrogen-bond donors (Lipinski definition) is 0. The number of carbonyl (C=O) groups excluding carboxylic acids is 1. The van der Waals surface area contributed by atoms with E-state index in [1.807, 2.05) is 18.2 Å². The molecule has 4 nitrogen and oxygen atoms in total. The molecular formula is C21H20O4. The van der Waals surface area contributed by atoms with Crippen LogP contribution in [0.15, 0.2) is 47.1 Å². The molecule has 25 heavy (non-hydrogen) atoms. The third-order valence-electron chi connectivity index (χ3n) is 4.92. The van der Waals surface area contributed by atoms with Crippen LogP contribution in [0.3, 0.4) is 0 Å². The summed E-state index contributed by atoms with van der Waals surface area (Å²) in [4.78, 5) is 11.5. The SMILES string of the molecule is COC(=O)Cc1coc2cc(O[C@@H]3CCc4c(C)cccc43)ccc12. The molecule has 128 valence electrons. The van der Waals surface area contributed by atoms with E-state index in [4.69, 9.17) is 13.9 Å². The lowest BCUT2D eigenvalue weighted by Crippen LogP contribution is -2.04. The van der Waals surface area contributed by atoms with Crippen molar-refractivity contribution in [2.75, 3.05) is 7.11 Å². The molecule has 0 aliphatic heterocycles. The van der Waals surface area contributed by atoms with Crippen molar-refractivity contribution in [3.05, 3.63) is 64.9 Å². The molecule has 1 atom stereocenters. The summed E-state index contributed by atoms with van der Waals surface area (Å²) < 4.78 is 16.5. The van der Waals surface area contributed by atoms with E-state index in [0.717, 1.165) is 35.1 Å². The first kappa shape index (κ1) is 15.8. The fourth-order valence-corrected chi connectivity index (χ4v) is 3.59. The monoisotopic (exact) mass is 336 g/mol. The van der Waals surface area contributed by atoms with Crippen LogP contribution in [-0.4, -0.2) is 13.1 Å². The highest BCUT2D eigenvalue weighted by molar-refractivity contribution is 5.86. The van der Waals surface area contributed by atoms with Gasteiger partial charge >= 0.3 is 5.97 Å². The Hall–Kier alpha value is -2.75. The molecule has 0 spiro atoms. The van der Waals surface area contributed by atoms with Crippen LogP contribution in [0.5, 0.6) is 5.75 Å². The summed E-state index contributed by atoms with van der Waals surface area (Å²) in [6.45, 7) is 2.15. The summed E-state index contributed by atoms with van der Waals surface area (Å²) in [6, 6.07) is 12.2. The van der Waals surface area contributed by atoms with E-state index < -0.39 is 0 Å². The van der Waals surface area contributed by atoms with Gasteiger partial charge in [-0.1, -0.05) is 18.2 Å². The minimum absolute atomic E-state index is 0.0804. The van der Waals surface area contributed by atoms with Gasteiger partial charge in [-0.15, -0.1) is 0 Å². The van der Waals surface area contributed by atoms with Crippen LogP contribution >= 0.6 is 0 Å². The molecule has 0 saturated heterocycles. The number of esters is 1. The maximum Gasteiger partial charge on any atom is 0.310 e. The quantitative estimate of drug-likeness (QED) is 0.657. The van der Waals surface area contributed by atoms with Gasteiger partial charge in [-0.3, -0.25) is 4.79 Å². The second kappa shape index (κ2) is 6.28. The van der Waals surface area contributed by atoms with E-state index >= 15 is 0 Å². The Morgan fingerprint density at radius 3 is 3.00 bits per heavy atom. The highest BCUT2D eigenvalue weighted by Gasteiger charge is 2.25. The molecule has 4 rings (SSSR count). The first-order valence-corrected chi connectivity index (χ1v) is 8.47. The fraction of sp³-hybridized carbons (Fsp3) is 0.286. The van der Waals surface area contributed by atoms with Crippen LogP contribution in [-0.2, 0) is 22.4 Å². The van der Waals surface area contributed by atoms with Crippen LogP contribution in [0.4, 0.5) is 0 Å². The van der Waals surface area contributed by atoms with Gasteiger partial charge in [-0.25, -0.2) is 0 Å². The maximum absolute atomic E-state index is 11.5. The van der Waals surface area contributed by atoms with Gasteiger partial charge in [-0.2, -0.15) is 0 Å². The number of ether oxygens (including phenoxy) is 2. The fourth-order valence-electron chi connectivity index (χ4n) is 3.59. The molecule has 1 heterocycles. The van der Waals surface area contributed by atoms with Crippen molar-refractivity contribution in [1.82, 2.24) is 0 Å². The van der Waals surface area contributed by atoms with Gasteiger partial charge in [0.15, 0.2) is 0 Å². The standard InChI is InChI=1S/C21H20O4/c1-13-4-3-5-18-16(13)8-9-19(18)25-15-6-7-17-14(10-21(22)23-2)12-24-20(17)11-15/h3-7,11-12,19H,8-10H2,1-2H3/t19-/m1/s1. The molecule has 0 N–H and O–H groups in total. The number of furan rings is 1. The summed E-state index contributed by atoms with van der Waals surface area (Å²) >= 11 is 0. The molecule has 3 aromatic rings. The van der Waals surface area contributed by atoms with Crippen LogP contribution in [0, 0.1) is 6.92 Å². The van der Waals surface area contributed by atoms with E-state index in [-0.39, 0.29) is 18.5 Å². The average molecular weight is 336 g/mol. The first-order chi connectivity index (χ1) is 12.2. The molecule has 0 bridgehead atoms. The van der Waals surface area contributed by atoms with Gasteiger partial charge in [-0.05, 0) is 48.6 Å². The van der Waals surface area contributed by atoms with Crippen molar-refractivity contribution >= 4 is 16.9 Å². The molecule has 0 unspecified atom stereocenters. The molecule has 2 aromatic carbocycles. The van der Waals surface area contributed by atoms with E-state index in [1.54, 1.807) is 6.26 Å². The van der Waals surface area contributed by atoms with E-state index in [0.29, 0.717) is 0 Å². The molecule has 0 fully saturated rings. The number of benzene rings is 2. The second-order valence-electron chi connectivity index (χ2n) is 6.46. The molecule has 1 aliphatic rings. The van der Waals surface area contributed by atoms with Crippen molar-refractivity contribution in [3.63, 3.8) is 0 Å². The number of carbonyl (C=O) groups is 1. The number of methoxy groups -OCH3 is 1. The van der Waals surface area contributed by atoms with Gasteiger partial charge < -0.3 is 13.9 Å². The van der Waals surface area contributed by atoms with Crippen molar-refractivity contribution in [2.45, 2.75) is 32.3 Å². The normalized spacial score (nSPS) is 16.0. The van der Waals surface area contributed by atoms with Gasteiger partial charge in [0.25, 0.3) is 0 Å². The Labute approximate surface area is 146 Å². The molecule has 4 heteroatoms. The van der Waals surface area contributed by atoms with E-state index in [9.17, 15) is 4.79 Å². The Balaban J connectivity index is 1.58. The van der Waals surface area contributed by atoms with Crippen LogP contribution in [0.25, 0.3) is 11.0 Å². The van der Waals surface area contributed by atoms with Crippen molar-refractivity contribution in [2.24, 2.45) is 0 Å². The first-order valence-electron chi connectivity index (χ1n) is 8.47. The number of aryl methyl sites for hydroxylation is 1. The zero-order chi connectivity index (χ0) is 17.4. The minimum atomic E-state index is -0.277. The van der Waals surface area contributed by atoms with Gasteiger partial charge in [0.1, 0.15) is 17.4 Å². The minimum Gasteiger partial charge on any atom is -0.486 e. The summed E-state index contributed by atoms with van der Waals surface area (Å²) in [7, 11) is 1.39. The molecule has 0 amide bonds. The van der Waals surface area contributed by atoms with E-state index in [2.05, 4.69) is 25.1 Å². The largest absolute Gasteiger partial charge is 0.486 e. The van der Waals surface area contributed by atoms with Crippen molar-refractivity contribution < 1.29 is 18.7 Å². The summed E-state index contributed by atoms with van der Waals surface area (Å²) in [5, 5.41) is 0.917. The molecule has 0 radical (unpaired) electrons. The lowest BCUT2D eigenvalue weighted by molar-refractivity contribution is -0.139. The lowest BCUT2D eigenvalue weighted by Gasteiger charge is -2.15. The number of hydrogen-bond acceptors (Lipinski definition) is 4. The number of fused-ring (bicyclic) bond motifs is 2. The Morgan fingerprint density at radius 2 is 2.16 bits per heavy atom. The van der Waals surface area contributed by atoms with Gasteiger partial charge in [0.2, 0.25) is 0 Å². The summed E-state index contributed by atoms with van der Waals surface area (Å²) in [5.74, 6) is 0.506. The predicted octanol–water partition coefficient (Wildman–Crippen LogP) is 4.52. The molecule has 1 aromatic heterocycles. The molecular weight excluding hydrogens is 316 g/mol. The highest BCUT2D eigenvalue weighted by atomic mass is 16.5. The maximum atomic E-state index is 11.5.